The maximum Gasteiger partial charge on any atom is 0.242 e. The van der Waals surface area contributed by atoms with E-state index in [1.54, 1.807) is 0 Å². The number of amides is 1. The van der Waals surface area contributed by atoms with Crippen LogP contribution in [-0.4, -0.2) is 43.4 Å². The van der Waals surface area contributed by atoms with E-state index in [4.69, 9.17) is 15.2 Å². The summed E-state index contributed by atoms with van der Waals surface area (Å²) in [6, 6.07) is 0.227. The summed E-state index contributed by atoms with van der Waals surface area (Å²) in [7, 11) is 0. The second-order valence-electron chi connectivity index (χ2n) is 4.68. The third kappa shape index (κ3) is 2.36. The Morgan fingerprint density at radius 1 is 1.62 bits per heavy atom. The normalized spacial score (nSPS) is 38.1. The van der Waals surface area contributed by atoms with Gasteiger partial charge < -0.3 is 20.5 Å². The van der Waals surface area contributed by atoms with Gasteiger partial charge >= 0.3 is 0 Å². The Morgan fingerprint density at radius 3 is 2.94 bits per heavy atom. The van der Waals surface area contributed by atoms with Crippen LogP contribution in [0.15, 0.2) is 0 Å². The van der Waals surface area contributed by atoms with Crippen LogP contribution < -0.4 is 11.1 Å². The van der Waals surface area contributed by atoms with Crippen molar-refractivity contribution in [3.05, 3.63) is 0 Å². The topological polar surface area (TPSA) is 73.6 Å². The number of ether oxygens (including phenoxy) is 2. The molecule has 1 amide bonds. The summed E-state index contributed by atoms with van der Waals surface area (Å²) in [5, 5.41) is 2.96. The molecular formula is C11H20N2O3. The number of nitrogens with two attached hydrogens (primary N) is 1. The lowest BCUT2D eigenvalue weighted by Gasteiger charge is -2.37. The molecule has 1 atom stereocenters. The van der Waals surface area contributed by atoms with Gasteiger partial charge in [0.15, 0.2) is 0 Å². The van der Waals surface area contributed by atoms with Crippen molar-refractivity contribution in [3.63, 3.8) is 0 Å². The number of carbonyl (C=O) groups excluding carboxylic acids is 1. The molecule has 0 radical (unpaired) electrons. The van der Waals surface area contributed by atoms with Crippen LogP contribution in [0.2, 0.25) is 0 Å². The maximum atomic E-state index is 11.9. The average molecular weight is 228 g/mol. The van der Waals surface area contributed by atoms with E-state index in [2.05, 4.69) is 5.32 Å². The maximum absolute atomic E-state index is 11.9. The summed E-state index contributed by atoms with van der Waals surface area (Å²) in [6.45, 7) is 3.63. The third-order valence-electron chi connectivity index (χ3n) is 3.34. The van der Waals surface area contributed by atoms with Crippen LogP contribution in [-0.2, 0) is 14.3 Å². The molecule has 1 aliphatic heterocycles. The molecule has 0 spiro atoms. The molecule has 0 bridgehead atoms. The molecule has 16 heavy (non-hydrogen) atoms. The average Bonchev–Trinajstić information content (AvgIpc) is 2.63. The second-order valence-corrected chi connectivity index (χ2v) is 4.68. The summed E-state index contributed by atoms with van der Waals surface area (Å²) in [5.74, 6) is -0.0788. The van der Waals surface area contributed by atoms with Crippen molar-refractivity contribution in [1.29, 1.82) is 0 Å². The number of hydrogen-bond donors (Lipinski definition) is 2. The smallest absolute Gasteiger partial charge is 0.242 e. The van der Waals surface area contributed by atoms with Crippen LogP contribution in [0.25, 0.3) is 0 Å². The molecule has 0 aromatic heterocycles. The zero-order chi connectivity index (χ0) is 11.6. The molecule has 2 fully saturated rings. The fourth-order valence-electron chi connectivity index (χ4n) is 2.14. The van der Waals surface area contributed by atoms with Crippen molar-refractivity contribution in [1.82, 2.24) is 5.32 Å². The lowest BCUT2D eigenvalue weighted by atomic mass is 9.88. The molecule has 5 nitrogen and oxygen atoms in total. The van der Waals surface area contributed by atoms with Crippen LogP contribution in [0.3, 0.4) is 0 Å². The van der Waals surface area contributed by atoms with E-state index in [-0.39, 0.29) is 11.9 Å². The number of hydrogen-bond acceptors (Lipinski definition) is 4. The Bertz CT molecular complexity index is 258. The first-order valence-corrected chi connectivity index (χ1v) is 5.93. The summed E-state index contributed by atoms with van der Waals surface area (Å²) in [5.41, 5.74) is 5.15. The minimum atomic E-state index is -0.809. The first-order valence-electron chi connectivity index (χ1n) is 5.93. The molecule has 1 aliphatic carbocycles. The van der Waals surface area contributed by atoms with Crippen LogP contribution in [0, 0.1) is 0 Å². The predicted octanol–water partition coefficient (Wildman–Crippen LogP) is -0.212. The van der Waals surface area contributed by atoms with Gasteiger partial charge in [-0.3, -0.25) is 4.79 Å². The quantitative estimate of drug-likeness (QED) is 0.698. The summed E-state index contributed by atoms with van der Waals surface area (Å²) in [6.07, 6.45) is 2.72. The van der Waals surface area contributed by atoms with Gasteiger partial charge in [0.05, 0.1) is 12.7 Å². The van der Waals surface area contributed by atoms with Gasteiger partial charge in [-0.05, 0) is 26.2 Å². The van der Waals surface area contributed by atoms with Crippen molar-refractivity contribution < 1.29 is 14.3 Å². The van der Waals surface area contributed by atoms with Crippen LogP contribution in [0.5, 0.6) is 0 Å². The van der Waals surface area contributed by atoms with Crippen molar-refractivity contribution >= 4 is 5.91 Å². The van der Waals surface area contributed by atoms with Crippen LogP contribution >= 0.6 is 0 Å². The highest BCUT2D eigenvalue weighted by Gasteiger charge is 2.41. The summed E-state index contributed by atoms with van der Waals surface area (Å²) >= 11 is 0. The van der Waals surface area contributed by atoms with Gasteiger partial charge in [0.1, 0.15) is 5.54 Å². The van der Waals surface area contributed by atoms with E-state index >= 15 is 0 Å². The van der Waals surface area contributed by atoms with E-state index in [0.29, 0.717) is 25.7 Å². The fourth-order valence-corrected chi connectivity index (χ4v) is 2.14. The third-order valence-corrected chi connectivity index (χ3v) is 3.34. The lowest BCUT2D eigenvalue weighted by Crippen LogP contribution is -2.59. The van der Waals surface area contributed by atoms with E-state index in [1.165, 1.54) is 0 Å². The summed E-state index contributed by atoms with van der Waals surface area (Å²) < 4.78 is 10.6. The molecule has 3 N–H and O–H groups in total. The second kappa shape index (κ2) is 4.69. The molecular weight excluding hydrogens is 208 g/mol. The molecule has 1 heterocycles. The van der Waals surface area contributed by atoms with E-state index in [0.717, 1.165) is 19.4 Å². The fraction of sp³-hybridized carbons (Fsp3) is 0.909. The highest BCUT2D eigenvalue weighted by molar-refractivity contribution is 5.86. The number of rotatable bonds is 4. The highest BCUT2D eigenvalue weighted by Crippen LogP contribution is 2.24. The van der Waals surface area contributed by atoms with Gasteiger partial charge in [-0.25, -0.2) is 0 Å². The molecule has 1 saturated heterocycles. The first-order chi connectivity index (χ1) is 7.64. The van der Waals surface area contributed by atoms with Crippen molar-refractivity contribution in [2.75, 3.05) is 19.8 Å². The summed E-state index contributed by atoms with van der Waals surface area (Å²) in [4.78, 5) is 11.9. The van der Waals surface area contributed by atoms with Gasteiger partial charge in [-0.15, -0.1) is 0 Å². The zero-order valence-electron chi connectivity index (χ0n) is 9.70. The lowest BCUT2D eigenvalue weighted by molar-refractivity contribution is -0.129. The standard InChI is InChI=1S/C11H20N2O3/c1-2-16-9-5-8(6-9)13-10(14)11(12)3-4-15-7-11/h8-9H,2-7,12H2,1H3,(H,13,14). The van der Waals surface area contributed by atoms with Gasteiger partial charge in [0.2, 0.25) is 5.91 Å². The van der Waals surface area contributed by atoms with Crippen molar-refractivity contribution in [3.8, 4) is 0 Å². The predicted molar refractivity (Wildman–Crippen MR) is 58.9 cm³/mol. The number of carbonyl (C=O) groups is 1. The molecule has 1 saturated carbocycles. The minimum absolute atomic E-state index is 0.0788. The molecule has 2 aliphatic rings. The van der Waals surface area contributed by atoms with Crippen LogP contribution in [0.1, 0.15) is 26.2 Å². The van der Waals surface area contributed by atoms with Gasteiger partial charge in [-0.2, -0.15) is 0 Å². The molecule has 5 heteroatoms. The Kier molecular flexibility index (Phi) is 3.47. The minimum Gasteiger partial charge on any atom is -0.379 e. The van der Waals surface area contributed by atoms with Crippen molar-refractivity contribution in [2.45, 2.75) is 43.9 Å². The monoisotopic (exact) mass is 228 g/mol. The molecule has 92 valence electrons. The Balaban J connectivity index is 1.73. The van der Waals surface area contributed by atoms with E-state index in [9.17, 15) is 4.79 Å². The van der Waals surface area contributed by atoms with Gasteiger partial charge in [0, 0.05) is 19.3 Å². The largest absolute Gasteiger partial charge is 0.379 e. The first kappa shape index (κ1) is 11.8. The highest BCUT2D eigenvalue weighted by atomic mass is 16.5. The number of nitrogens with one attached hydrogen (secondary N) is 1. The zero-order valence-corrected chi connectivity index (χ0v) is 9.70. The Labute approximate surface area is 95.7 Å². The Hall–Kier alpha value is -0.650. The molecule has 2 rings (SSSR count). The SMILES string of the molecule is CCOC1CC(NC(=O)C2(N)CCOC2)C1. The molecule has 1 unspecified atom stereocenters. The Morgan fingerprint density at radius 2 is 2.38 bits per heavy atom. The van der Waals surface area contributed by atoms with Gasteiger partial charge in [0.25, 0.3) is 0 Å². The molecule has 0 aromatic rings. The molecule has 0 aromatic carbocycles. The van der Waals surface area contributed by atoms with Crippen molar-refractivity contribution in [2.24, 2.45) is 5.73 Å². The van der Waals surface area contributed by atoms with Crippen LogP contribution in [0.4, 0.5) is 0 Å². The van der Waals surface area contributed by atoms with E-state index in [1.807, 2.05) is 6.92 Å². The van der Waals surface area contributed by atoms with Gasteiger partial charge in [-0.1, -0.05) is 0 Å². The van der Waals surface area contributed by atoms with E-state index < -0.39 is 5.54 Å².